The number of nitro groups is 1. The highest BCUT2D eigenvalue weighted by Gasteiger charge is 2.23. The van der Waals surface area contributed by atoms with Gasteiger partial charge in [-0.05, 0) is 43.0 Å². The molecule has 1 heterocycles. The van der Waals surface area contributed by atoms with Crippen LogP contribution in [-0.2, 0) is 6.42 Å². The van der Waals surface area contributed by atoms with Crippen molar-refractivity contribution in [3.05, 3.63) is 64.2 Å². The Labute approximate surface area is 133 Å². The zero-order valence-corrected chi connectivity index (χ0v) is 12.6. The first-order valence-corrected chi connectivity index (χ1v) is 7.56. The SMILES string of the molecule is O=C(Nc1ccccc1)N1CCCCc2cc([N+](=O)[O-])ccc21. The van der Waals surface area contributed by atoms with Gasteiger partial charge in [0.05, 0.1) is 4.92 Å². The summed E-state index contributed by atoms with van der Waals surface area (Å²) in [5, 5.41) is 13.8. The van der Waals surface area contributed by atoms with E-state index in [2.05, 4.69) is 5.32 Å². The minimum atomic E-state index is -0.403. The van der Waals surface area contributed by atoms with Crippen LogP contribution in [0.15, 0.2) is 48.5 Å². The molecule has 3 rings (SSSR count). The van der Waals surface area contributed by atoms with Crippen molar-refractivity contribution in [1.82, 2.24) is 0 Å². The van der Waals surface area contributed by atoms with Gasteiger partial charge in [-0.1, -0.05) is 18.2 Å². The number of para-hydroxylation sites is 1. The molecule has 0 radical (unpaired) electrons. The van der Waals surface area contributed by atoms with E-state index in [0.717, 1.165) is 36.2 Å². The Bertz CT molecular complexity index is 731. The molecule has 2 aromatic rings. The van der Waals surface area contributed by atoms with Gasteiger partial charge in [-0.3, -0.25) is 15.0 Å². The van der Waals surface area contributed by atoms with Gasteiger partial charge in [-0.2, -0.15) is 0 Å². The highest BCUT2D eigenvalue weighted by Crippen LogP contribution is 2.30. The average Bonchev–Trinajstić information content (AvgIpc) is 2.77. The van der Waals surface area contributed by atoms with Crippen LogP contribution in [0.5, 0.6) is 0 Å². The quantitative estimate of drug-likeness (QED) is 0.673. The van der Waals surface area contributed by atoms with Crippen molar-refractivity contribution < 1.29 is 9.72 Å². The number of carbonyl (C=O) groups excluding carboxylic acids is 1. The predicted molar refractivity (Wildman–Crippen MR) is 88.8 cm³/mol. The molecule has 118 valence electrons. The van der Waals surface area contributed by atoms with Crippen molar-refractivity contribution in [2.45, 2.75) is 19.3 Å². The summed E-state index contributed by atoms with van der Waals surface area (Å²) < 4.78 is 0. The van der Waals surface area contributed by atoms with Crippen molar-refractivity contribution in [2.75, 3.05) is 16.8 Å². The number of nitro benzene ring substituents is 1. The first-order chi connectivity index (χ1) is 11.1. The smallest absolute Gasteiger partial charge is 0.308 e. The van der Waals surface area contributed by atoms with Crippen LogP contribution in [0.25, 0.3) is 0 Å². The third-order valence-corrected chi connectivity index (χ3v) is 3.91. The van der Waals surface area contributed by atoms with E-state index in [1.165, 1.54) is 6.07 Å². The number of amides is 2. The van der Waals surface area contributed by atoms with E-state index in [0.29, 0.717) is 6.54 Å². The number of urea groups is 1. The lowest BCUT2D eigenvalue weighted by atomic mass is 10.1. The standard InChI is InChI=1S/C17H17N3O3/c21-17(18-14-7-2-1-3-8-14)19-11-5-4-6-13-12-15(20(22)23)9-10-16(13)19/h1-3,7-10,12H,4-6,11H2,(H,18,21). The van der Waals surface area contributed by atoms with E-state index in [1.54, 1.807) is 17.0 Å². The zero-order chi connectivity index (χ0) is 16.2. The van der Waals surface area contributed by atoms with Crippen LogP contribution in [0.1, 0.15) is 18.4 Å². The van der Waals surface area contributed by atoms with E-state index in [9.17, 15) is 14.9 Å². The number of non-ortho nitro benzene ring substituents is 1. The number of hydrogen-bond donors (Lipinski definition) is 1. The maximum atomic E-state index is 12.6. The fourth-order valence-corrected chi connectivity index (χ4v) is 2.78. The molecule has 6 heteroatoms. The number of rotatable bonds is 2. The monoisotopic (exact) mass is 311 g/mol. The van der Waals surface area contributed by atoms with Gasteiger partial charge in [-0.15, -0.1) is 0 Å². The first kappa shape index (κ1) is 15.0. The summed E-state index contributed by atoms with van der Waals surface area (Å²) in [6, 6.07) is 13.7. The molecule has 0 aromatic heterocycles. The molecule has 0 spiro atoms. The lowest BCUT2D eigenvalue weighted by Crippen LogP contribution is -2.35. The van der Waals surface area contributed by atoms with Crippen molar-refractivity contribution in [3.8, 4) is 0 Å². The Balaban J connectivity index is 1.88. The van der Waals surface area contributed by atoms with Gasteiger partial charge in [0.2, 0.25) is 0 Å². The summed E-state index contributed by atoms with van der Waals surface area (Å²) in [6.07, 6.45) is 2.51. The molecule has 0 fully saturated rings. The Morgan fingerprint density at radius 3 is 2.65 bits per heavy atom. The van der Waals surface area contributed by atoms with Gasteiger partial charge in [0, 0.05) is 30.1 Å². The van der Waals surface area contributed by atoms with Crippen molar-refractivity contribution in [1.29, 1.82) is 0 Å². The first-order valence-electron chi connectivity index (χ1n) is 7.56. The molecule has 0 atom stereocenters. The van der Waals surface area contributed by atoms with Crippen LogP contribution in [0.2, 0.25) is 0 Å². The Hall–Kier alpha value is -2.89. The largest absolute Gasteiger partial charge is 0.326 e. The van der Waals surface area contributed by atoms with Gasteiger partial charge in [0.1, 0.15) is 0 Å². The highest BCUT2D eigenvalue weighted by molar-refractivity contribution is 6.02. The number of carbonyl (C=O) groups is 1. The summed E-state index contributed by atoms with van der Waals surface area (Å²) in [5.74, 6) is 0. The van der Waals surface area contributed by atoms with E-state index in [-0.39, 0.29) is 11.7 Å². The number of anilines is 2. The molecular weight excluding hydrogens is 294 g/mol. The van der Waals surface area contributed by atoms with Gasteiger partial charge in [0.25, 0.3) is 5.69 Å². The molecule has 23 heavy (non-hydrogen) atoms. The second kappa shape index (κ2) is 6.48. The third kappa shape index (κ3) is 3.31. The van der Waals surface area contributed by atoms with Gasteiger partial charge in [0.15, 0.2) is 0 Å². The normalized spacial score (nSPS) is 13.8. The summed E-state index contributed by atoms with van der Waals surface area (Å²) in [6.45, 7) is 0.601. The molecule has 0 bridgehead atoms. The van der Waals surface area contributed by atoms with E-state index in [1.807, 2.05) is 30.3 Å². The van der Waals surface area contributed by atoms with Gasteiger partial charge < -0.3 is 5.32 Å². The molecule has 0 saturated heterocycles. The summed E-state index contributed by atoms with van der Waals surface area (Å²) in [7, 11) is 0. The maximum absolute atomic E-state index is 12.6. The van der Waals surface area contributed by atoms with Gasteiger partial charge >= 0.3 is 6.03 Å². The number of benzene rings is 2. The molecule has 2 amide bonds. The molecule has 6 nitrogen and oxygen atoms in total. The second-order valence-electron chi connectivity index (χ2n) is 5.48. The van der Waals surface area contributed by atoms with Gasteiger partial charge in [-0.25, -0.2) is 4.79 Å². The lowest BCUT2D eigenvalue weighted by Gasteiger charge is -2.23. The molecule has 0 saturated carbocycles. The maximum Gasteiger partial charge on any atom is 0.326 e. The zero-order valence-electron chi connectivity index (χ0n) is 12.6. The minimum Gasteiger partial charge on any atom is -0.308 e. The minimum absolute atomic E-state index is 0.0640. The summed E-state index contributed by atoms with van der Waals surface area (Å²) in [5.41, 5.74) is 2.39. The van der Waals surface area contributed by atoms with Crippen LogP contribution in [0.3, 0.4) is 0 Å². The van der Waals surface area contributed by atoms with Crippen LogP contribution >= 0.6 is 0 Å². The topological polar surface area (TPSA) is 75.5 Å². The molecule has 0 aliphatic carbocycles. The fraction of sp³-hybridized carbons (Fsp3) is 0.235. The van der Waals surface area contributed by atoms with Crippen LogP contribution in [0, 0.1) is 10.1 Å². The van der Waals surface area contributed by atoms with Crippen LogP contribution in [0.4, 0.5) is 21.9 Å². The average molecular weight is 311 g/mol. The molecular formula is C17H17N3O3. The van der Waals surface area contributed by atoms with Crippen LogP contribution in [-0.4, -0.2) is 17.5 Å². The number of aryl methyl sites for hydroxylation is 1. The molecule has 0 unspecified atom stereocenters. The third-order valence-electron chi connectivity index (χ3n) is 3.91. The number of fused-ring (bicyclic) bond motifs is 1. The van der Waals surface area contributed by atoms with Crippen molar-refractivity contribution >= 4 is 23.1 Å². The number of nitrogens with zero attached hydrogens (tertiary/aromatic N) is 2. The molecule has 1 aliphatic heterocycles. The molecule has 2 aromatic carbocycles. The fourth-order valence-electron chi connectivity index (χ4n) is 2.78. The van der Waals surface area contributed by atoms with E-state index in [4.69, 9.17) is 0 Å². The van der Waals surface area contributed by atoms with Crippen molar-refractivity contribution in [3.63, 3.8) is 0 Å². The van der Waals surface area contributed by atoms with E-state index >= 15 is 0 Å². The Morgan fingerprint density at radius 2 is 1.91 bits per heavy atom. The predicted octanol–water partition coefficient (Wildman–Crippen LogP) is 3.97. The highest BCUT2D eigenvalue weighted by atomic mass is 16.6. The Kier molecular flexibility index (Phi) is 4.23. The number of nitrogens with one attached hydrogen (secondary N) is 1. The second-order valence-corrected chi connectivity index (χ2v) is 5.48. The van der Waals surface area contributed by atoms with Crippen molar-refractivity contribution in [2.24, 2.45) is 0 Å². The lowest BCUT2D eigenvalue weighted by molar-refractivity contribution is -0.384. The molecule has 1 N–H and O–H groups in total. The molecule has 1 aliphatic rings. The van der Waals surface area contributed by atoms with Crippen LogP contribution < -0.4 is 10.2 Å². The Morgan fingerprint density at radius 1 is 1.13 bits per heavy atom. The summed E-state index contributed by atoms with van der Waals surface area (Å²) >= 11 is 0. The summed E-state index contributed by atoms with van der Waals surface area (Å²) in [4.78, 5) is 24.8. The van der Waals surface area contributed by atoms with E-state index < -0.39 is 4.92 Å². The number of hydrogen-bond acceptors (Lipinski definition) is 3.